The number of carbonyl (C=O) groups is 1. The fourth-order valence-corrected chi connectivity index (χ4v) is 4.14. The fraction of sp³-hybridized carbons (Fsp3) is 0.294. The van der Waals surface area contributed by atoms with Crippen molar-refractivity contribution >= 4 is 46.0 Å². The smallest absolute Gasteiger partial charge is 0.268 e. The van der Waals surface area contributed by atoms with E-state index in [1.807, 2.05) is 18.2 Å². The summed E-state index contributed by atoms with van der Waals surface area (Å²) >= 11 is 6.79. The first-order chi connectivity index (χ1) is 10.7. The molecule has 0 N–H and O–H groups in total. The van der Waals surface area contributed by atoms with Crippen LogP contribution in [0.2, 0.25) is 0 Å². The third-order valence-corrected chi connectivity index (χ3v) is 5.24. The van der Waals surface area contributed by atoms with Crippen molar-refractivity contribution in [2.24, 2.45) is 0 Å². The first-order valence-corrected chi connectivity index (χ1v) is 8.72. The summed E-state index contributed by atoms with van der Waals surface area (Å²) in [6, 6.07) is 8.24. The maximum Gasteiger partial charge on any atom is 0.268 e. The molecule has 3 rings (SSSR count). The van der Waals surface area contributed by atoms with Crippen molar-refractivity contribution in [3.63, 3.8) is 0 Å². The Bertz CT molecular complexity index is 694. The first-order valence-electron chi connectivity index (χ1n) is 7.50. The molecule has 3 nitrogen and oxygen atoms in total. The van der Waals surface area contributed by atoms with Crippen LogP contribution >= 0.6 is 24.0 Å². The zero-order valence-electron chi connectivity index (χ0n) is 12.7. The summed E-state index contributed by atoms with van der Waals surface area (Å²) in [5.74, 6) is 0.0364. The molecule has 22 heavy (non-hydrogen) atoms. The number of para-hydroxylation sites is 1. The van der Waals surface area contributed by atoms with Crippen molar-refractivity contribution in [2.45, 2.75) is 20.3 Å². The second kappa shape index (κ2) is 6.26. The van der Waals surface area contributed by atoms with Gasteiger partial charge in [0.25, 0.3) is 5.91 Å². The van der Waals surface area contributed by atoms with Gasteiger partial charge < -0.3 is 4.90 Å². The molecule has 2 aliphatic rings. The molecule has 0 aliphatic carbocycles. The summed E-state index contributed by atoms with van der Waals surface area (Å²) in [6.45, 7) is 5.66. The summed E-state index contributed by atoms with van der Waals surface area (Å²) in [4.78, 5) is 17.3. The van der Waals surface area contributed by atoms with E-state index in [4.69, 9.17) is 12.2 Å². The monoisotopic (exact) mass is 330 g/mol. The van der Waals surface area contributed by atoms with Crippen LogP contribution in [0, 0.1) is 0 Å². The van der Waals surface area contributed by atoms with Crippen LogP contribution in [0.25, 0.3) is 6.08 Å². The summed E-state index contributed by atoms with van der Waals surface area (Å²) < 4.78 is 0.665. The predicted octanol–water partition coefficient (Wildman–Crippen LogP) is 4.02. The zero-order valence-corrected chi connectivity index (χ0v) is 14.3. The van der Waals surface area contributed by atoms with Crippen LogP contribution in [0.4, 0.5) is 5.69 Å². The highest BCUT2D eigenvalue weighted by Gasteiger charge is 2.35. The molecule has 1 saturated heterocycles. The van der Waals surface area contributed by atoms with Gasteiger partial charge in [-0.2, -0.15) is 0 Å². The third kappa shape index (κ3) is 2.48. The van der Waals surface area contributed by atoms with Crippen LogP contribution in [-0.4, -0.2) is 28.2 Å². The molecule has 0 saturated carbocycles. The van der Waals surface area contributed by atoms with E-state index in [0.29, 0.717) is 10.9 Å². The molecular formula is C17H18N2OS2. The summed E-state index contributed by atoms with van der Waals surface area (Å²) in [7, 11) is 0. The average Bonchev–Trinajstić information content (AvgIpc) is 2.82. The van der Waals surface area contributed by atoms with Crippen LogP contribution in [0.15, 0.2) is 40.9 Å². The van der Waals surface area contributed by atoms with Gasteiger partial charge in [-0.1, -0.05) is 55.2 Å². The van der Waals surface area contributed by atoms with Crippen molar-refractivity contribution in [3.05, 3.63) is 46.5 Å². The van der Waals surface area contributed by atoms with Crippen LogP contribution < -0.4 is 4.90 Å². The van der Waals surface area contributed by atoms with Gasteiger partial charge in [-0.15, -0.1) is 0 Å². The quantitative estimate of drug-likeness (QED) is 0.617. The Morgan fingerprint density at radius 2 is 1.91 bits per heavy atom. The number of benzene rings is 1. The van der Waals surface area contributed by atoms with Crippen molar-refractivity contribution in [2.75, 3.05) is 18.0 Å². The molecule has 0 bridgehead atoms. The average molecular weight is 330 g/mol. The predicted molar refractivity (Wildman–Crippen MR) is 97.7 cm³/mol. The number of likely N-dealkylation sites (N-methyl/N-ethyl adjacent to an activating group) is 1. The van der Waals surface area contributed by atoms with E-state index in [1.54, 1.807) is 4.90 Å². The third-order valence-electron chi connectivity index (χ3n) is 3.78. The standard InChI is InChI=1S/C17H18N2OS2/c1-3-11-19-16(20)15(22-17(19)21)14-10-9-12-7-5-6-8-13(12)18(14)4-2/h5-10H,3-4,11H2,1-2H3. The fourth-order valence-electron chi connectivity index (χ4n) is 2.77. The van der Waals surface area contributed by atoms with Crippen molar-refractivity contribution < 1.29 is 4.79 Å². The maximum atomic E-state index is 12.7. The summed E-state index contributed by atoms with van der Waals surface area (Å²) in [6.07, 6.45) is 5.01. The largest absolute Gasteiger partial charge is 0.340 e. The number of thioether (sulfide) groups is 1. The summed E-state index contributed by atoms with van der Waals surface area (Å²) in [5.41, 5.74) is 3.28. The second-order valence-electron chi connectivity index (χ2n) is 5.18. The SMILES string of the molecule is CCCN1C(=O)C(=C2C=Cc3ccccc3N2CC)SC1=S. The van der Waals surface area contributed by atoms with Gasteiger partial charge in [0.1, 0.15) is 9.23 Å². The molecule has 0 radical (unpaired) electrons. The van der Waals surface area contributed by atoms with E-state index in [9.17, 15) is 4.79 Å². The van der Waals surface area contributed by atoms with Crippen LogP contribution in [0.3, 0.4) is 0 Å². The van der Waals surface area contributed by atoms with Crippen molar-refractivity contribution in [1.29, 1.82) is 0 Å². The first kappa shape index (κ1) is 15.3. The lowest BCUT2D eigenvalue weighted by molar-refractivity contribution is -0.122. The topological polar surface area (TPSA) is 23.6 Å². The molecule has 2 heterocycles. The number of amides is 1. The highest BCUT2D eigenvalue weighted by Crippen LogP contribution is 2.39. The minimum atomic E-state index is 0.0364. The lowest BCUT2D eigenvalue weighted by Gasteiger charge is -2.30. The number of fused-ring (bicyclic) bond motifs is 1. The molecular weight excluding hydrogens is 312 g/mol. The van der Waals surface area contributed by atoms with Gasteiger partial charge in [0.05, 0.1) is 5.70 Å². The zero-order chi connectivity index (χ0) is 15.7. The number of rotatable bonds is 3. The van der Waals surface area contributed by atoms with E-state index < -0.39 is 0 Å². The van der Waals surface area contributed by atoms with Gasteiger partial charge >= 0.3 is 0 Å². The van der Waals surface area contributed by atoms with Gasteiger partial charge in [-0.05, 0) is 31.1 Å². The molecule has 114 valence electrons. The molecule has 0 aromatic heterocycles. The van der Waals surface area contributed by atoms with Gasteiger partial charge in [-0.25, -0.2) is 0 Å². The minimum Gasteiger partial charge on any atom is -0.340 e. The Balaban J connectivity index is 2.05. The number of hydrogen-bond donors (Lipinski definition) is 0. The number of anilines is 1. The van der Waals surface area contributed by atoms with Crippen LogP contribution in [0.1, 0.15) is 25.8 Å². The molecule has 1 amide bonds. The Labute approximate surface area is 140 Å². The normalized spacial score (nSPS) is 20.8. The van der Waals surface area contributed by atoms with E-state index in [1.165, 1.54) is 17.3 Å². The number of thiocarbonyl (C=S) groups is 1. The Hall–Kier alpha value is -1.59. The Kier molecular flexibility index (Phi) is 4.36. The number of nitrogens with zero attached hydrogens (tertiary/aromatic N) is 2. The van der Waals surface area contributed by atoms with Crippen molar-refractivity contribution in [1.82, 2.24) is 4.90 Å². The van der Waals surface area contributed by atoms with E-state index >= 15 is 0 Å². The number of carbonyl (C=O) groups excluding carboxylic acids is 1. The molecule has 1 aromatic rings. The van der Waals surface area contributed by atoms with Crippen LogP contribution in [0.5, 0.6) is 0 Å². The van der Waals surface area contributed by atoms with E-state index in [2.05, 4.69) is 37.0 Å². The number of hydrogen-bond acceptors (Lipinski definition) is 4. The highest BCUT2D eigenvalue weighted by atomic mass is 32.2. The van der Waals surface area contributed by atoms with Crippen LogP contribution in [-0.2, 0) is 4.79 Å². The van der Waals surface area contributed by atoms with E-state index in [0.717, 1.165) is 29.3 Å². The van der Waals surface area contributed by atoms with Gasteiger partial charge in [-0.3, -0.25) is 9.69 Å². The minimum absolute atomic E-state index is 0.0364. The molecule has 0 atom stereocenters. The lowest BCUT2D eigenvalue weighted by Crippen LogP contribution is -2.30. The molecule has 1 fully saturated rings. The Morgan fingerprint density at radius 3 is 2.64 bits per heavy atom. The molecule has 5 heteroatoms. The van der Waals surface area contributed by atoms with E-state index in [-0.39, 0.29) is 5.91 Å². The van der Waals surface area contributed by atoms with Crippen molar-refractivity contribution in [3.8, 4) is 0 Å². The number of allylic oxidation sites excluding steroid dienone is 1. The maximum absolute atomic E-state index is 12.7. The van der Waals surface area contributed by atoms with Gasteiger partial charge in [0.15, 0.2) is 0 Å². The molecule has 0 spiro atoms. The molecule has 2 aliphatic heterocycles. The Morgan fingerprint density at radius 1 is 1.14 bits per heavy atom. The lowest BCUT2D eigenvalue weighted by atomic mass is 10.1. The summed E-state index contributed by atoms with van der Waals surface area (Å²) in [5, 5.41) is 0. The second-order valence-corrected chi connectivity index (χ2v) is 6.82. The molecule has 0 unspecified atom stereocenters. The highest BCUT2D eigenvalue weighted by molar-refractivity contribution is 8.26. The van der Waals surface area contributed by atoms with Gasteiger partial charge in [0, 0.05) is 18.8 Å². The van der Waals surface area contributed by atoms with Gasteiger partial charge in [0.2, 0.25) is 0 Å². The molecule has 1 aromatic carbocycles.